The lowest BCUT2D eigenvalue weighted by molar-refractivity contribution is 0.163. The Balaban J connectivity index is 1.59. The van der Waals surface area contributed by atoms with Crippen LogP contribution in [0, 0.1) is 13.8 Å². The lowest BCUT2D eigenvalue weighted by atomic mass is 9.76. The summed E-state index contributed by atoms with van der Waals surface area (Å²) in [6.45, 7) is 9.09. The highest BCUT2D eigenvalue weighted by atomic mass is 16.5. The van der Waals surface area contributed by atoms with Crippen molar-refractivity contribution in [1.29, 1.82) is 0 Å². The van der Waals surface area contributed by atoms with Gasteiger partial charge in [0.2, 0.25) is 0 Å². The summed E-state index contributed by atoms with van der Waals surface area (Å²) in [5.41, 5.74) is 10.7. The zero-order chi connectivity index (χ0) is 25.4. The van der Waals surface area contributed by atoms with Gasteiger partial charge in [0.15, 0.2) is 5.60 Å². The molecule has 0 unspecified atom stereocenters. The van der Waals surface area contributed by atoms with Gasteiger partial charge in [-0.15, -0.1) is 0 Å². The van der Waals surface area contributed by atoms with Crippen molar-refractivity contribution < 1.29 is 4.74 Å². The molecule has 0 radical (unpaired) electrons. The van der Waals surface area contributed by atoms with Gasteiger partial charge in [-0.05, 0) is 47.6 Å². The second-order valence-corrected chi connectivity index (χ2v) is 11.1. The molecule has 0 N–H and O–H groups in total. The number of benzene rings is 5. The van der Waals surface area contributed by atoms with Gasteiger partial charge in [-0.1, -0.05) is 128 Å². The Bertz CT molecular complexity index is 1680. The molecule has 0 spiro atoms. The summed E-state index contributed by atoms with van der Waals surface area (Å²) in [4.78, 5) is 0. The lowest BCUT2D eigenvalue weighted by Gasteiger charge is -2.38. The zero-order valence-corrected chi connectivity index (χ0v) is 21.8. The molecule has 0 bridgehead atoms. The topological polar surface area (TPSA) is 9.23 Å². The maximum absolute atomic E-state index is 7.30. The Morgan fingerprint density at radius 2 is 1.27 bits per heavy atom. The van der Waals surface area contributed by atoms with E-state index in [0.29, 0.717) is 0 Å². The molecule has 0 amide bonds. The van der Waals surface area contributed by atoms with Crippen molar-refractivity contribution in [3.05, 3.63) is 142 Å². The third-order valence-corrected chi connectivity index (χ3v) is 8.35. The van der Waals surface area contributed by atoms with Crippen LogP contribution in [-0.2, 0) is 11.0 Å². The van der Waals surface area contributed by atoms with Crippen LogP contribution in [0.3, 0.4) is 0 Å². The third kappa shape index (κ3) is 3.04. The number of rotatable bonds is 2. The minimum atomic E-state index is -0.701. The van der Waals surface area contributed by atoms with Gasteiger partial charge in [-0.3, -0.25) is 0 Å². The van der Waals surface area contributed by atoms with E-state index in [1.54, 1.807) is 0 Å². The highest BCUT2D eigenvalue weighted by Crippen LogP contribution is 2.58. The minimum Gasteiger partial charge on any atom is -0.472 e. The molecule has 1 heterocycles. The van der Waals surface area contributed by atoms with E-state index in [1.807, 2.05) is 0 Å². The summed E-state index contributed by atoms with van der Waals surface area (Å²) in [7, 11) is 0. The van der Waals surface area contributed by atoms with E-state index in [4.69, 9.17) is 4.74 Å². The van der Waals surface area contributed by atoms with Crippen molar-refractivity contribution in [3.63, 3.8) is 0 Å². The Morgan fingerprint density at radius 3 is 1.95 bits per heavy atom. The Labute approximate surface area is 219 Å². The van der Waals surface area contributed by atoms with E-state index in [-0.39, 0.29) is 5.41 Å². The highest BCUT2D eigenvalue weighted by Gasteiger charge is 2.44. The van der Waals surface area contributed by atoms with Crippen molar-refractivity contribution >= 4 is 16.8 Å². The molecular weight excluding hydrogens is 448 g/mol. The molecule has 0 saturated heterocycles. The molecule has 1 nitrogen and oxygen atoms in total. The smallest absolute Gasteiger partial charge is 0.178 e. The second-order valence-electron chi connectivity index (χ2n) is 11.1. The molecule has 2 aliphatic rings. The third-order valence-electron chi connectivity index (χ3n) is 8.35. The second kappa shape index (κ2) is 7.70. The molecule has 0 aromatic heterocycles. The fraction of sp³-hybridized carbons (Fsp3) is 0.167. The standard InChI is InChI=1S/C36H30O/c1-23-15-17-27-29(21-23)32-30-22-24(2)16-18-31(30)35(3,4)33(32)28-19-20-36(37-34(27)28,25-11-7-5-8-12-25)26-13-9-6-10-14-26/h5-22H,1-4H3. The highest BCUT2D eigenvalue weighted by molar-refractivity contribution is 6.08. The summed E-state index contributed by atoms with van der Waals surface area (Å²) in [6, 6.07) is 34.9. The predicted molar refractivity (Wildman–Crippen MR) is 154 cm³/mol. The van der Waals surface area contributed by atoms with Crippen LogP contribution in [-0.4, -0.2) is 0 Å². The van der Waals surface area contributed by atoms with Crippen LogP contribution in [0.1, 0.15) is 52.8 Å². The van der Waals surface area contributed by atoms with Crippen molar-refractivity contribution in [2.24, 2.45) is 0 Å². The monoisotopic (exact) mass is 478 g/mol. The van der Waals surface area contributed by atoms with Crippen LogP contribution in [0.4, 0.5) is 0 Å². The van der Waals surface area contributed by atoms with Crippen molar-refractivity contribution in [3.8, 4) is 16.9 Å². The van der Waals surface area contributed by atoms with Gasteiger partial charge in [0.25, 0.3) is 0 Å². The molecule has 5 aromatic rings. The van der Waals surface area contributed by atoms with Gasteiger partial charge in [0.1, 0.15) is 5.75 Å². The summed E-state index contributed by atoms with van der Waals surface area (Å²) in [5.74, 6) is 0.974. The van der Waals surface area contributed by atoms with Crippen molar-refractivity contribution in [1.82, 2.24) is 0 Å². The molecule has 1 heteroatoms. The number of aryl methyl sites for hydroxylation is 2. The van der Waals surface area contributed by atoms with Crippen LogP contribution >= 0.6 is 0 Å². The number of ether oxygens (including phenoxy) is 1. The first-order valence-electron chi connectivity index (χ1n) is 13.1. The van der Waals surface area contributed by atoms with Crippen LogP contribution in [0.25, 0.3) is 28.0 Å². The SMILES string of the molecule is Cc1ccc2c(c1)-c1c(c3c(c4ccc(C)cc14)OC(c1ccccc1)(c1ccccc1)C=C3)C2(C)C. The van der Waals surface area contributed by atoms with Crippen LogP contribution in [0.15, 0.2) is 103 Å². The molecule has 0 fully saturated rings. The summed E-state index contributed by atoms with van der Waals surface area (Å²) in [6.07, 6.45) is 4.60. The normalized spacial score (nSPS) is 16.1. The van der Waals surface area contributed by atoms with E-state index in [0.717, 1.165) is 16.9 Å². The largest absolute Gasteiger partial charge is 0.472 e. The van der Waals surface area contributed by atoms with Crippen LogP contribution in [0.2, 0.25) is 0 Å². The number of hydrogen-bond acceptors (Lipinski definition) is 1. The zero-order valence-electron chi connectivity index (χ0n) is 21.8. The molecule has 5 aromatic carbocycles. The van der Waals surface area contributed by atoms with Gasteiger partial charge in [0.05, 0.1) is 0 Å². The van der Waals surface area contributed by atoms with Gasteiger partial charge < -0.3 is 4.74 Å². The van der Waals surface area contributed by atoms with Crippen LogP contribution < -0.4 is 4.74 Å². The molecule has 37 heavy (non-hydrogen) atoms. The average molecular weight is 479 g/mol. The molecule has 0 atom stereocenters. The first kappa shape index (κ1) is 22.1. The number of fused-ring (bicyclic) bond motifs is 8. The summed E-state index contributed by atoms with van der Waals surface area (Å²) in [5, 5.41) is 2.45. The fourth-order valence-corrected chi connectivity index (χ4v) is 6.58. The molecule has 7 rings (SSSR count). The van der Waals surface area contributed by atoms with E-state index in [1.165, 1.54) is 49.7 Å². The minimum absolute atomic E-state index is 0.131. The molecule has 1 aliphatic carbocycles. The lowest BCUT2D eigenvalue weighted by Crippen LogP contribution is -2.35. The Morgan fingerprint density at radius 1 is 0.649 bits per heavy atom. The maximum atomic E-state index is 7.30. The maximum Gasteiger partial charge on any atom is 0.178 e. The van der Waals surface area contributed by atoms with Gasteiger partial charge in [-0.2, -0.15) is 0 Å². The van der Waals surface area contributed by atoms with E-state index < -0.39 is 5.60 Å². The number of hydrogen-bond donors (Lipinski definition) is 0. The molecule has 0 saturated carbocycles. The first-order valence-corrected chi connectivity index (χ1v) is 13.1. The van der Waals surface area contributed by atoms with Gasteiger partial charge in [-0.25, -0.2) is 0 Å². The quantitative estimate of drug-likeness (QED) is 0.246. The summed E-state index contributed by atoms with van der Waals surface area (Å²) < 4.78 is 7.30. The Kier molecular flexibility index (Phi) is 4.60. The van der Waals surface area contributed by atoms with Gasteiger partial charge in [0, 0.05) is 27.5 Å². The molecule has 180 valence electrons. The predicted octanol–water partition coefficient (Wildman–Crippen LogP) is 9.11. The van der Waals surface area contributed by atoms with E-state index >= 15 is 0 Å². The Hall–Kier alpha value is -4.10. The molecule has 1 aliphatic heterocycles. The first-order chi connectivity index (χ1) is 17.9. The average Bonchev–Trinajstić information content (AvgIpc) is 3.15. The molecular formula is C36H30O. The van der Waals surface area contributed by atoms with Crippen LogP contribution in [0.5, 0.6) is 5.75 Å². The van der Waals surface area contributed by atoms with Crippen molar-refractivity contribution in [2.45, 2.75) is 38.7 Å². The summed E-state index contributed by atoms with van der Waals surface area (Å²) >= 11 is 0. The van der Waals surface area contributed by atoms with Crippen molar-refractivity contribution in [2.75, 3.05) is 0 Å². The van der Waals surface area contributed by atoms with Gasteiger partial charge >= 0.3 is 0 Å². The fourth-order valence-electron chi connectivity index (χ4n) is 6.58. The van der Waals surface area contributed by atoms with E-state index in [9.17, 15) is 0 Å². The van der Waals surface area contributed by atoms with E-state index in [2.05, 4.69) is 137 Å².